The molecule has 0 spiro atoms. The third-order valence-corrected chi connectivity index (χ3v) is 6.07. The Morgan fingerprint density at radius 2 is 1.81 bits per heavy atom. The summed E-state index contributed by atoms with van der Waals surface area (Å²) in [6, 6.07) is 8.53. The standard InChI is InChI=1S/C19H31N3O3S/c1-16(2)18-7-5-17(6-8-18)9-10-20-19(23)15-21-11-4-12-22(14-13-21)26(3,24)25/h5-8,16H,4,9-15H2,1-3H3,(H,20,23). The summed E-state index contributed by atoms with van der Waals surface area (Å²) >= 11 is 0. The molecule has 26 heavy (non-hydrogen) atoms. The lowest BCUT2D eigenvalue weighted by atomic mass is 10.0. The molecule has 1 saturated heterocycles. The Kier molecular flexibility index (Phi) is 7.61. The molecule has 1 aromatic rings. The van der Waals surface area contributed by atoms with E-state index in [-0.39, 0.29) is 5.91 Å². The van der Waals surface area contributed by atoms with Crippen molar-refractivity contribution >= 4 is 15.9 Å². The molecule has 0 unspecified atom stereocenters. The van der Waals surface area contributed by atoms with Crippen molar-refractivity contribution in [1.29, 1.82) is 0 Å². The second-order valence-electron chi connectivity index (χ2n) is 7.29. The van der Waals surface area contributed by atoms with Crippen LogP contribution in [0.4, 0.5) is 0 Å². The summed E-state index contributed by atoms with van der Waals surface area (Å²) in [7, 11) is -3.15. The fourth-order valence-corrected chi connectivity index (χ4v) is 3.99. The van der Waals surface area contributed by atoms with E-state index in [0.717, 1.165) is 19.4 Å². The van der Waals surface area contributed by atoms with Gasteiger partial charge in [-0.1, -0.05) is 38.1 Å². The fourth-order valence-electron chi connectivity index (χ4n) is 3.11. The topological polar surface area (TPSA) is 69.7 Å². The van der Waals surface area contributed by atoms with Gasteiger partial charge in [0.05, 0.1) is 12.8 Å². The SMILES string of the molecule is CC(C)c1ccc(CCNC(=O)CN2CCCN(S(C)(=O)=O)CC2)cc1. The maximum atomic E-state index is 12.2. The van der Waals surface area contributed by atoms with Gasteiger partial charge in [0.2, 0.25) is 15.9 Å². The average Bonchev–Trinajstić information content (AvgIpc) is 2.80. The quantitative estimate of drug-likeness (QED) is 0.776. The number of benzene rings is 1. The number of sulfonamides is 1. The number of rotatable bonds is 7. The van der Waals surface area contributed by atoms with Crippen LogP contribution in [0.15, 0.2) is 24.3 Å². The zero-order valence-corrected chi connectivity index (χ0v) is 16.9. The van der Waals surface area contributed by atoms with Gasteiger partial charge in [-0.3, -0.25) is 9.69 Å². The monoisotopic (exact) mass is 381 g/mol. The van der Waals surface area contributed by atoms with Gasteiger partial charge in [-0.15, -0.1) is 0 Å². The lowest BCUT2D eigenvalue weighted by Gasteiger charge is -2.20. The van der Waals surface area contributed by atoms with Gasteiger partial charge in [-0.05, 0) is 36.4 Å². The van der Waals surface area contributed by atoms with E-state index in [4.69, 9.17) is 0 Å². The van der Waals surface area contributed by atoms with E-state index in [2.05, 4.69) is 43.4 Å². The van der Waals surface area contributed by atoms with Crippen molar-refractivity contribution in [1.82, 2.24) is 14.5 Å². The first-order chi connectivity index (χ1) is 12.3. The number of carbonyl (C=O) groups is 1. The highest BCUT2D eigenvalue weighted by Gasteiger charge is 2.22. The minimum absolute atomic E-state index is 0.00314. The molecule has 1 aliphatic rings. The molecular weight excluding hydrogens is 350 g/mol. The molecular formula is C19H31N3O3S. The summed E-state index contributed by atoms with van der Waals surface area (Å²) in [5, 5.41) is 2.97. The van der Waals surface area contributed by atoms with Crippen molar-refractivity contribution in [2.45, 2.75) is 32.6 Å². The van der Waals surface area contributed by atoms with Crippen LogP contribution in [0.5, 0.6) is 0 Å². The third-order valence-electron chi connectivity index (χ3n) is 4.77. The zero-order chi connectivity index (χ0) is 19.2. The van der Waals surface area contributed by atoms with E-state index < -0.39 is 10.0 Å². The predicted molar refractivity (Wildman–Crippen MR) is 105 cm³/mol. The Balaban J connectivity index is 1.71. The Labute approximate surface area is 157 Å². The van der Waals surface area contributed by atoms with Crippen molar-refractivity contribution in [2.24, 2.45) is 0 Å². The van der Waals surface area contributed by atoms with E-state index in [1.807, 2.05) is 4.90 Å². The van der Waals surface area contributed by atoms with E-state index in [0.29, 0.717) is 38.6 Å². The molecule has 0 aromatic heterocycles. The van der Waals surface area contributed by atoms with Gasteiger partial charge in [0, 0.05) is 26.2 Å². The Hall–Kier alpha value is -1.44. The van der Waals surface area contributed by atoms with Crippen molar-refractivity contribution in [3.05, 3.63) is 35.4 Å². The Morgan fingerprint density at radius 1 is 1.12 bits per heavy atom. The second kappa shape index (κ2) is 9.48. The molecule has 6 nitrogen and oxygen atoms in total. The minimum atomic E-state index is -3.15. The second-order valence-corrected chi connectivity index (χ2v) is 9.27. The number of hydrogen-bond donors (Lipinski definition) is 1. The summed E-state index contributed by atoms with van der Waals surface area (Å²) < 4.78 is 24.8. The maximum Gasteiger partial charge on any atom is 0.234 e. The molecule has 7 heteroatoms. The van der Waals surface area contributed by atoms with E-state index in [1.165, 1.54) is 21.7 Å². The Bertz CT molecular complexity index is 686. The van der Waals surface area contributed by atoms with Gasteiger partial charge in [-0.2, -0.15) is 0 Å². The molecule has 1 aromatic carbocycles. The van der Waals surface area contributed by atoms with E-state index >= 15 is 0 Å². The van der Waals surface area contributed by atoms with Crippen LogP contribution in [0.25, 0.3) is 0 Å². The van der Waals surface area contributed by atoms with Crippen molar-refractivity contribution in [3.63, 3.8) is 0 Å². The Morgan fingerprint density at radius 3 is 2.42 bits per heavy atom. The van der Waals surface area contributed by atoms with Crippen LogP contribution in [0.3, 0.4) is 0 Å². The molecule has 1 N–H and O–H groups in total. The minimum Gasteiger partial charge on any atom is -0.355 e. The lowest BCUT2D eigenvalue weighted by Crippen LogP contribution is -2.40. The summed E-state index contributed by atoms with van der Waals surface area (Å²) in [5.74, 6) is 0.521. The molecule has 0 bridgehead atoms. The van der Waals surface area contributed by atoms with E-state index in [1.54, 1.807) is 0 Å². The normalized spacial score (nSPS) is 17.2. The van der Waals surface area contributed by atoms with Crippen LogP contribution in [0, 0.1) is 0 Å². The van der Waals surface area contributed by atoms with Crippen LogP contribution in [-0.2, 0) is 21.2 Å². The molecule has 1 fully saturated rings. The van der Waals surface area contributed by atoms with Gasteiger partial charge in [0.25, 0.3) is 0 Å². The van der Waals surface area contributed by atoms with Crippen molar-refractivity contribution in [2.75, 3.05) is 45.5 Å². The highest BCUT2D eigenvalue weighted by molar-refractivity contribution is 7.88. The number of carbonyl (C=O) groups excluding carboxylic acids is 1. The van der Waals surface area contributed by atoms with Gasteiger partial charge in [0.15, 0.2) is 0 Å². The molecule has 1 aliphatic heterocycles. The van der Waals surface area contributed by atoms with Gasteiger partial charge in [-0.25, -0.2) is 12.7 Å². The smallest absolute Gasteiger partial charge is 0.234 e. The van der Waals surface area contributed by atoms with Gasteiger partial charge >= 0.3 is 0 Å². The largest absolute Gasteiger partial charge is 0.355 e. The molecule has 0 atom stereocenters. The zero-order valence-electron chi connectivity index (χ0n) is 16.1. The van der Waals surface area contributed by atoms with Crippen molar-refractivity contribution < 1.29 is 13.2 Å². The van der Waals surface area contributed by atoms with Crippen LogP contribution in [0.2, 0.25) is 0 Å². The summed E-state index contributed by atoms with van der Waals surface area (Å²) in [4.78, 5) is 14.2. The predicted octanol–water partition coefficient (Wildman–Crippen LogP) is 1.44. The highest BCUT2D eigenvalue weighted by atomic mass is 32.2. The van der Waals surface area contributed by atoms with Crippen LogP contribution in [0.1, 0.15) is 37.3 Å². The molecule has 0 radical (unpaired) electrons. The van der Waals surface area contributed by atoms with E-state index in [9.17, 15) is 13.2 Å². The first-order valence-corrected chi connectivity index (χ1v) is 11.1. The third kappa shape index (κ3) is 6.70. The number of amides is 1. The summed E-state index contributed by atoms with van der Waals surface area (Å²) in [6.45, 7) is 7.61. The average molecular weight is 382 g/mol. The van der Waals surface area contributed by atoms with Crippen molar-refractivity contribution in [3.8, 4) is 0 Å². The van der Waals surface area contributed by atoms with Gasteiger partial charge in [0.1, 0.15) is 0 Å². The van der Waals surface area contributed by atoms with Crippen LogP contribution in [-0.4, -0.2) is 69.1 Å². The number of nitrogens with one attached hydrogen (secondary N) is 1. The number of nitrogens with zero attached hydrogens (tertiary/aromatic N) is 2. The molecule has 2 rings (SSSR count). The summed E-state index contributed by atoms with van der Waals surface area (Å²) in [5.41, 5.74) is 2.54. The highest BCUT2D eigenvalue weighted by Crippen LogP contribution is 2.14. The summed E-state index contributed by atoms with van der Waals surface area (Å²) in [6.07, 6.45) is 2.80. The molecule has 1 amide bonds. The van der Waals surface area contributed by atoms with Crippen LogP contribution < -0.4 is 5.32 Å². The molecule has 0 aliphatic carbocycles. The molecule has 146 valence electrons. The maximum absolute atomic E-state index is 12.2. The first kappa shape index (κ1) is 20.9. The van der Waals surface area contributed by atoms with Gasteiger partial charge < -0.3 is 5.32 Å². The van der Waals surface area contributed by atoms with Crippen LogP contribution >= 0.6 is 0 Å². The lowest BCUT2D eigenvalue weighted by molar-refractivity contribution is -0.122. The molecule has 1 heterocycles. The first-order valence-electron chi connectivity index (χ1n) is 9.28. The number of hydrogen-bond acceptors (Lipinski definition) is 4. The molecule has 0 saturated carbocycles. The fraction of sp³-hybridized carbons (Fsp3) is 0.632.